The Hall–Kier alpha value is -1.23. The molecule has 0 spiro atoms. The van der Waals surface area contributed by atoms with Gasteiger partial charge in [0.15, 0.2) is 0 Å². The molecule has 1 aliphatic rings. The number of alkyl halides is 3. The predicted molar refractivity (Wildman–Crippen MR) is 53.5 cm³/mol. The fourth-order valence-electron chi connectivity index (χ4n) is 1.88. The minimum atomic E-state index is -4.29. The summed E-state index contributed by atoms with van der Waals surface area (Å²) in [4.78, 5) is 0. The van der Waals surface area contributed by atoms with Crippen molar-refractivity contribution in [3.63, 3.8) is 0 Å². The van der Waals surface area contributed by atoms with Crippen LogP contribution in [0.4, 0.5) is 13.2 Å². The fraction of sp³-hybridized carbons (Fsp3) is 0.455. The first-order chi connectivity index (χ1) is 7.52. The van der Waals surface area contributed by atoms with E-state index in [2.05, 4.69) is 0 Å². The standard InChI is InChI=1S/C11H12F3NO/c12-11(13,14)9(6-15)7-1-2-10-8(5-7)3-4-16-10/h1-2,5,9H,3-4,6,15H2. The summed E-state index contributed by atoms with van der Waals surface area (Å²) in [6, 6.07) is 4.58. The van der Waals surface area contributed by atoms with Crippen molar-refractivity contribution in [1.82, 2.24) is 0 Å². The molecule has 0 amide bonds. The molecule has 1 aliphatic heterocycles. The Morgan fingerprint density at radius 3 is 2.75 bits per heavy atom. The molecule has 88 valence electrons. The molecule has 2 rings (SSSR count). The number of benzene rings is 1. The summed E-state index contributed by atoms with van der Waals surface area (Å²) in [5.41, 5.74) is 6.24. The lowest BCUT2D eigenvalue weighted by atomic mass is 9.96. The predicted octanol–water partition coefficient (Wildman–Crippen LogP) is 2.23. The van der Waals surface area contributed by atoms with Crippen molar-refractivity contribution >= 4 is 0 Å². The molecule has 1 heterocycles. The normalized spacial score (nSPS) is 16.8. The van der Waals surface area contributed by atoms with Crippen molar-refractivity contribution in [3.8, 4) is 5.75 Å². The van der Waals surface area contributed by atoms with Gasteiger partial charge in [-0.1, -0.05) is 12.1 Å². The van der Waals surface area contributed by atoms with Gasteiger partial charge in [0.05, 0.1) is 12.5 Å². The maximum Gasteiger partial charge on any atom is 0.396 e. The van der Waals surface area contributed by atoms with Gasteiger partial charge in [0.1, 0.15) is 5.75 Å². The second-order valence-corrected chi connectivity index (χ2v) is 3.80. The zero-order chi connectivity index (χ0) is 11.8. The lowest BCUT2D eigenvalue weighted by molar-refractivity contribution is -0.148. The van der Waals surface area contributed by atoms with E-state index in [0.717, 1.165) is 5.56 Å². The third-order valence-corrected chi connectivity index (χ3v) is 2.75. The van der Waals surface area contributed by atoms with E-state index in [1.165, 1.54) is 6.07 Å². The van der Waals surface area contributed by atoms with Crippen LogP contribution in [0.5, 0.6) is 5.75 Å². The van der Waals surface area contributed by atoms with Gasteiger partial charge in [-0.15, -0.1) is 0 Å². The Labute approximate surface area is 91.2 Å². The monoisotopic (exact) mass is 231 g/mol. The highest BCUT2D eigenvalue weighted by Gasteiger charge is 2.39. The van der Waals surface area contributed by atoms with Crippen LogP contribution in [-0.2, 0) is 6.42 Å². The van der Waals surface area contributed by atoms with Crippen LogP contribution in [0.25, 0.3) is 0 Å². The Morgan fingerprint density at radius 1 is 1.38 bits per heavy atom. The second-order valence-electron chi connectivity index (χ2n) is 3.80. The number of fused-ring (bicyclic) bond motifs is 1. The van der Waals surface area contributed by atoms with Gasteiger partial charge >= 0.3 is 6.18 Å². The van der Waals surface area contributed by atoms with Crippen LogP contribution in [-0.4, -0.2) is 19.3 Å². The highest BCUT2D eigenvalue weighted by Crippen LogP contribution is 2.36. The molecule has 0 saturated heterocycles. The number of nitrogens with two attached hydrogens (primary N) is 1. The SMILES string of the molecule is NCC(c1ccc2c(c1)CCO2)C(F)(F)F. The van der Waals surface area contributed by atoms with Gasteiger partial charge in [0.25, 0.3) is 0 Å². The first-order valence-corrected chi connectivity index (χ1v) is 5.05. The minimum Gasteiger partial charge on any atom is -0.493 e. The molecule has 1 unspecified atom stereocenters. The highest BCUT2D eigenvalue weighted by atomic mass is 19.4. The first kappa shape index (κ1) is 11.3. The van der Waals surface area contributed by atoms with Crippen molar-refractivity contribution in [2.24, 2.45) is 5.73 Å². The Bertz CT molecular complexity index is 389. The number of ether oxygens (including phenoxy) is 1. The zero-order valence-electron chi connectivity index (χ0n) is 8.55. The van der Waals surface area contributed by atoms with Crippen LogP contribution in [0.15, 0.2) is 18.2 Å². The van der Waals surface area contributed by atoms with Gasteiger partial charge in [0, 0.05) is 13.0 Å². The van der Waals surface area contributed by atoms with Crippen molar-refractivity contribution in [1.29, 1.82) is 0 Å². The minimum absolute atomic E-state index is 0.222. The average Bonchev–Trinajstić information content (AvgIpc) is 2.63. The van der Waals surface area contributed by atoms with E-state index in [-0.39, 0.29) is 5.56 Å². The maximum atomic E-state index is 12.6. The molecule has 0 fully saturated rings. The van der Waals surface area contributed by atoms with E-state index >= 15 is 0 Å². The molecule has 2 nitrogen and oxygen atoms in total. The molecule has 0 aromatic heterocycles. The van der Waals surface area contributed by atoms with Crippen molar-refractivity contribution in [2.45, 2.75) is 18.5 Å². The van der Waals surface area contributed by atoms with Crippen LogP contribution in [0.3, 0.4) is 0 Å². The van der Waals surface area contributed by atoms with Gasteiger partial charge < -0.3 is 10.5 Å². The number of hydrogen-bond donors (Lipinski definition) is 1. The van der Waals surface area contributed by atoms with E-state index in [1.54, 1.807) is 12.1 Å². The van der Waals surface area contributed by atoms with Gasteiger partial charge in [-0.2, -0.15) is 13.2 Å². The van der Waals surface area contributed by atoms with E-state index in [0.29, 0.717) is 18.8 Å². The molecule has 16 heavy (non-hydrogen) atoms. The molecular formula is C11H12F3NO. The molecule has 1 aromatic carbocycles. The van der Waals surface area contributed by atoms with Gasteiger partial charge in [-0.05, 0) is 17.2 Å². The molecule has 2 N–H and O–H groups in total. The Morgan fingerprint density at radius 2 is 2.12 bits per heavy atom. The average molecular weight is 231 g/mol. The number of rotatable bonds is 2. The zero-order valence-corrected chi connectivity index (χ0v) is 8.55. The number of halogens is 3. The third-order valence-electron chi connectivity index (χ3n) is 2.75. The molecule has 1 atom stereocenters. The van der Waals surface area contributed by atoms with Gasteiger partial charge in [0.2, 0.25) is 0 Å². The van der Waals surface area contributed by atoms with Crippen molar-refractivity contribution in [2.75, 3.05) is 13.2 Å². The summed E-state index contributed by atoms with van der Waals surface area (Å²) in [7, 11) is 0. The Kier molecular flexibility index (Phi) is 2.80. The van der Waals surface area contributed by atoms with E-state index < -0.39 is 18.6 Å². The number of hydrogen-bond acceptors (Lipinski definition) is 2. The summed E-state index contributed by atoms with van der Waals surface area (Å²) in [6.45, 7) is 0.112. The van der Waals surface area contributed by atoms with E-state index in [4.69, 9.17) is 10.5 Å². The topological polar surface area (TPSA) is 35.2 Å². The molecule has 0 bridgehead atoms. The van der Waals surface area contributed by atoms with Crippen LogP contribution in [0.2, 0.25) is 0 Å². The summed E-state index contributed by atoms with van der Waals surface area (Å²) < 4.78 is 43.2. The maximum absolute atomic E-state index is 12.6. The van der Waals surface area contributed by atoms with Crippen molar-refractivity contribution in [3.05, 3.63) is 29.3 Å². The summed E-state index contributed by atoms with van der Waals surface area (Å²) >= 11 is 0. The lowest BCUT2D eigenvalue weighted by Crippen LogP contribution is -2.28. The summed E-state index contributed by atoms with van der Waals surface area (Å²) in [5, 5.41) is 0. The van der Waals surface area contributed by atoms with E-state index in [1.807, 2.05) is 0 Å². The van der Waals surface area contributed by atoms with Crippen LogP contribution >= 0.6 is 0 Å². The third kappa shape index (κ3) is 2.00. The van der Waals surface area contributed by atoms with Crippen LogP contribution < -0.4 is 10.5 Å². The quantitative estimate of drug-likeness (QED) is 0.847. The molecule has 1 aromatic rings. The van der Waals surface area contributed by atoms with Crippen molar-refractivity contribution < 1.29 is 17.9 Å². The Balaban J connectivity index is 2.33. The van der Waals surface area contributed by atoms with Gasteiger partial charge in [-0.3, -0.25) is 0 Å². The summed E-state index contributed by atoms with van der Waals surface area (Å²) in [6.07, 6.45) is -3.62. The van der Waals surface area contributed by atoms with Gasteiger partial charge in [-0.25, -0.2) is 0 Å². The first-order valence-electron chi connectivity index (χ1n) is 5.05. The largest absolute Gasteiger partial charge is 0.493 e. The van der Waals surface area contributed by atoms with E-state index in [9.17, 15) is 13.2 Å². The van der Waals surface area contributed by atoms with Crippen LogP contribution in [0, 0.1) is 0 Å². The molecule has 0 radical (unpaired) electrons. The molecular weight excluding hydrogens is 219 g/mol. The smallest absolute Gasteiger partial charge is 0.396 e. The lowest BCUT2D eigenvalue weighted by Gasteiger charge is -2.19. The molecule has 0 saturated carbocycles. The second kappa shape index (κ2) is 3.97. The highest BCUT2D eigenvalue weighted by molar-refractivity contribution is 5.41. The summed E-state index contributed by atoms with van der Waals surface area (Å²) in [5.74, 6) is -0.903. The fourth-order valence-corrected chi connectivity index (χ4v) is 1.88. The molecule has 5 heteroatoms. The molecule has 0 aliphatic carbocycles. The van der Waals surface area contributed by atoms with Crippen LogP contribution in [0.1, 0.15) is 17.0 Å².